The minimum absolute atomic E-state index is 0.130. The highest BCUT2D eigenvalue weighted by Crippen LogP contribution is 2.33. The van der Waals surface area contributed by atoms with Crippen LogP contribution in [0.3, 0.4) is 0 Å². The minimum atomic E-state index is -0.130. The Kier molecular flexibility index (Phi) is 6.82. The highest BCUT2D eigenvalue weighted by atomic mass is 32.2. The third-order valence-electron chi connectivity index (χ3n) is 4.90. The van der Waals surface area contributed by atoms with Crippen molar-refractivity contribution in [3.8, 4) is 11.6 Å². The van der Waals surface area contributed by atoms with Crippen molar-refractivity contribution in [3.63, 3.8) is 0 Å². The van der Waals surface area contributed by atoms with Gasteiger partial charge in [0.05, 0.1) is 0 Å². The molecule has 0 atom stereocenters. The number of rotatable bonds is 7. The Morgan fingerprint density at radius 1 is 0.906 bits per heavy atom. The molecule has 1 amide bonds. The number of benzene rings is 3. The first kappa shape index (κ1) is 21.6. The van der Waals surface area contributed by atoms with Crippen molar-refractivity contribution in [2.45, 2.75) is 30.3 Å². The van der Waals surface area contributed by atoms with Crippen LogP contribution in [-0.4, -0.2) is 15.9 Å². The van der Waals surface area contributed by atoms with Crippen LogP contribution < -0.4 is 10.1 Å². The molecular formula is C26H23N3O2S. The molecule has 0 spiro atoms. The molecule has 0 saturated carbocycles. The molecule has 4 rings (SSSR count). The number of amides is 1. The molecule has 4 aromatic rings. The Morgan fingerprint density at radius 2 is 1.62 bits per heavy atom. The van der Waals surface area contributed by atoms with Gasteiger partial charge in [0.1, 0.15) is 5.75 Å². The van der Waals surface area contributed by atoms with Crippen molar-refractivity contribution in [3.05, 3.63) is 107 Å². The lowest BCUT2D eigenvalue weighted by Gasteiger charge is -2.10. The molecule has 0 aliphatic rings. The van der Waals surface area contributed by atoms with Crippen molar-refractivity contribution in [2.75, 3.05) is 0 Å². The largest absolute Gasteiger partial charge is 0.437 e. The summed E-state index contributed by atoms with van der Waals surface area (Å²) in [6.45, 7) is 4.58. The lowest BCUT2D eigenvalue weighted by Crippen LogP contribution is -2.23. The Hall–Kier alpha value is -3.64. The maximum Gasteiger partial charge on any atom is 0.252 e. The molecule has 160 valence electrons. The van der Waals surface area contributed by atoms with Crippen molar-refractivity contribution in [1.29, 1.82) is 0 Å². The minimum Gasteiger partial charge on any atom is -0.437 e. The molecule has 0 bridgehead atoms. The number of nitrogens with one attached hydrogen (secondary N) is 1. The van der Waals surface area contributed by atoms with Gasteiger partial charge < -0.3 is 10.1 Å². The third-order valence-corrected chi connectivity index (χ3v) is 5.88. The number of aryl methyl sites for hydroxylation is 2. The predicted octanol–water partition coefficient (Wildman–Crippen LogP) is 5.97. The normalized spacial score (nSPS) is 10.6. The Balaban J connectivity index is 1.41. The summed E-state index contributed by atoms with van der Waals surface area (Å²) in [7, 11) is 0. The van der Waals surface area contributed by atoms with E-state index in [0.29, 0.717) is 28.8 Å². The SMILES string of the molecule is Cc1ccc(Sc2nccnc2Oc2ccc(C(=O)NCc3ccccc3C)cc2)cc1. The molecule has 1 aromatic heterocycles. The zero-order chi connectivity index (χ0) is 22.3. The van der Waals surface area contributed by atoms with E-state index in [1.165, 1.54) is 17.3 Å². The van der Waals surface area contributed by atoms with Crippen molar-refractivity contribution < 1.29 is 9.53 Å². The van der Waals surface area contributed by atoms with E-state index in [9.17, 15) is 4.79 Å². The van der Waals surface area contributed by atoms with E-state index >= 15 is 0 Å². The lowest BCUT2D eigenvalue weighted by molar-refractivity contribution is 0.0951. The van der Waals surface area contributed by atoms with Gasteiger partial charge in [-0.2, -0.15) is 0 Å². The number of carbonyl (C=O) groups excluding carboxylic acids is 1. The van der Waals surface area contributed by atoms with Gasteiger partial charge in [0.15, 0.2) is 5.03 Å². The Morgan fingerprint density at radius 3 is 2.38 bits per heavy atom. The second-order valence-corrected chi connectivity index (χ2v) is 8.38. The van der Waals surface area contributed by atoms with E-state index in [4.69, 9.17) is 4.74 Å². The first-order valence-electron chi connectivity index (χ1n) is 10.2. The van der Waals surface area contributed by atoms with Crippen molar-refractivity contribution in [2.24, 2.45) is 0 Å². The van der Waals surface area contributed by atoms with Gasteiger partial charge in [-0.1, -0.05) is 53.7 Å². The molecule has 1 N–H and O–H groups in total. The number of aromatic nitrogens is 2. The molecule has 0 aliphatic heterocycles. The van der Waals surface area contributed by atoms with Crippen LogP contribution in [0.1, 0.15) is 27.0 Å². The topological polar surface area (TPSA) is 64.1 Å². The molecule has 1 heterocycles. The molecule has 0 aliphatic carbocycles. The lowest BCUT2D eigenvalue weighted by atomic mass is 10.1. The molecule has 0 unspecified atom stereocenters. The molecule has 5 nitrogen and oxygen atoms in total. The van der Waals surface area contributed by atoms with Crippen LogP contribution in [0, 0.1) is 13.8 Å². The summed E-state index contributed by atoms with van der Waals surface area (Å²) in [5.74, 6) is 0.886. The number of hydrogen-bond donors (Lipinski definition) is 1. The molecule has 3 aromatic carbocycles. The first-order chi connectivity index (χ1) is 15.6. The zero-order valence-electron chi connectivity index (χ0n) is 17.9. The number of ether oxygens (including phenoxy) is 1. The van der Waals surface area contributed by atoms with Crippen molar-refractivity contribution >= 4 is 17.7 Å². The van der Waals surface area contributed by atoms with E-state index in [1.807, 2.05) is 43.3 Å². The van der Waals surface area contributed by atoms with Gasteiger partial charge in [-0.05, 0) is 61.4 Å². The van der Waals surface area contributed by atoms with Crippen LogP contribution in [0.4, 0.5) is 0 Å². The summed E-state index contributed by atoms with van der Waals surface area (Å²) in [4.78, 5) is 22.3. The molecule has 0 radical (unpaired) electrons. The first-order valence-corrected chi connectivity index (χ1v) is 11.1. The fourth-order valence-electron chi connectivity index (χ4n) is 3.04. The predicted molar refractivity (Wildman–Crippen MR) is 126 cm³/mol. The van der Waals surface area contributed by atoms with E-state index in [-0.39, 0.29) is 5.91 Å². The van der Waals surface area contributed by atoms with E-state index in [2.05, 4.69) is 34.3 Å². The maximum atomic E-state index is 12.5. The maximum absolute atomic E-state index is 12.5. The average molecular weight is 442 g/mol. The number of nitrogens with zero attached hydrogens (tertiary/aromatic N) is 2. The Bertz CT molecular complexity index is 1210. The van der Waals surface area contributed by atoms with Gasteiger partial charge >= 0.3 is 0 Å². The molecule has 6 heteroatoms. The highest BCUT2D eigenvalue weighted by Gasteiger charge is 2.11. The van der Waals surface area contributed by atoms with Gasteiger partial charge in [0, 0.05) is 29.4 Å². The van der Waals surface area contributed by atoms with Crippen molar-refractivity contribution in [1.82, 2.24) is 15.3 Å². The van der Waals surface area contributed by atoms with Crippen LogP contribution in [0.25, 0.3) is 0 Å². The summed E-state index contributed by atoms with van der Waals surface area (Å²) < 4.78 is 5.96. The molecular weight excluding hydrogens is 418 g/mol. The fraction of sp³-hybridized carbons (Fsp3) is 0.115. The van der Waals surface area contributed by atoms with Gasteiger partial charge in [0.25, 0.3) is 11.8 Å². The van der Waals surface area contributed by atoms with E-state index < -0.39 is 0 Å². The Labute approximate surface area is 191 Å². The summed E-state index contributed by atoms with van der Waals surface area (Å²) >= 11 is 1.49. The van der Waals surface area contributed by atoms with Crippen LogP contribution in [-0.2, 0) is 6.54 Å². The second kappa shape index (κ2) is 10.1. The average Bonchev–Trinajstić information content (AvgIpc) is 2.81. The monoisotopic (exact) mass is 441 g/mol. The quantitative estimate of drug-likeness (QED) is 0.383. The number of hydrogen-bond acceptors (Lipinski definition) is 5. The summed E-state index contributed by atoms with van der Waals surface area (Å²) in [6, 6.07) is 23.2. The van der Waals surface area contributed by atoms with Gasteiger partial charge in [-0.15, -0.1) is 0 Å². The summed E-state index contributed by atoms with van der Waals surface area (Å²) in [5, 5.41) is 3.64. The van der Waals surface area contributed by atoms with E-state index in [0.717, 1.165) is 16.0 Å². The summed E-state index contributed by atoms with van der Waals surface area (Å²) in [6.07, 6.45) is 3.24. The van der Waals surface area contributed by atoms with Crippen LogP contribution >= 0.6 is 11.8 Å². The standard InChI is InChI=1S/C26H23N3O2S/c1-18-7-13-23(14-8-18)32-26-25(27-15-16-28-26)31-22-11-9-20(10-12-22)24(30)29-17-21-6-4-3-5-19(21)2/h3-16H,17H2,1-2H3,(H,29,30). The van der Waals surface area contributed by atoms with Gasteiger partial charge in [0.2, 0.25) is 0 Å². The molecule has 32 heavy (non-hydrogen) atoms. The van der Waals surface area contributed by atoms with Crippen LogP contribution in [0.15, 0.2) is 95.1 Å². The van der Waals surface area contributed by atoms with Gasteiger partial charge in [-0.25, -0.2) is 9.97 Å². The summed E-state index contributed by atoms with van der Waals surface area (Å²) in [5.41, 5.74) is 4.02. The van der Waals surface area contributed by atoms with E-state index in [1.54, 1.807) is 36.7 Å². The highest BCUT2D eigenvalue weighted by molar-refractivity contribution is 7.99. The fourth-order valence-corrected chi connectivity index (χ4v) is 3.83. The number of carbonyl (C=O) groups is 1. The molecule has 0 fully saturated rings. The van der Waals surface area contributed by atoms with Crippen LogP contribution in [0.5, 0.6) is 11.6 Å². The smallest absolute Gasteiger partial charge is 0.252 e. The zero-order valence-corrected chi connectivity index (χ0v) is 18.7. The molecule has 0 saturated heterocycles. The van der Waals surface area contributed by atoms with Gasteiger partial charge in [-0.3, -0.25) is 4.79 Å². The third kappa shape index (κ3) is 5.53. The second-order valence-electron chi connectivity index (χ2n) is 7.32. The van der Waals surface area contributed by atoms with Crippen LogP contribution in [0.2, 0.25) is 0 Å².